The second-order valence-corrected chi connectivity index (χ2v) is 5.24. The van der Waals surface area contributed by atoms with E-state index >= 15 is 0 Å². The van der Waals surface area contributed by atoms with Gasteiger partial charge in [0.25, 0.3) is 10.9 Å². The number of nitro groups is 1. The van der Waals surface area contributed by atoms with E-state index in [1.165, 1.54) is 30.8 Å². The van der Waals surface area contributed by atoms with E-state index in [0.29, 0.717) is 10.1 Å². The number of carbonyl (C=O) groups excluding carboxylic acids is 1. The van der Waals surface area contributed by atoms with Crippen LogP contribution in [-0.4, -0.2) is 15.7 Å². The van der Waals surface area contributed by atoms with E-state index in [0.717, 1.165) is 11.5 Å². The third-order valence-corrected chi connectivity index (χ3v) is 3.60. The van der Waals surface area contributed by atoms with Crippen LogP contribution in [0.3, 0.4) is 0 Å². The van der Waals surface area contributed by atoms with Crippen molar-refractivity contribution in [1.82, 2.24) is 4.98 Å². The highest BCUT2D eigenvalue weighted by Crippen LogP contribution is 2.31. The minimum absolute atomic E-state index is 0.0833. The molecule has 6 nitrogen and oxygen atoms in total. The number of ketones is 1. The van der Waals surface area contributed by atoms with Crippen LogP contribution in [0.15, 0.2) is 32.7 Å². The Labute approximate surface area is 119 Å². The molecule has 0 aliphatic rings. The molecule has 0 N–H and O–H groups in total. The zero-order valence-electron chi connectivity index (χ0n) is 11.2. The van der Waals surface area contributed by atoms with Gasteiger partial charge in [0.1, 0.15) is 5.76 Å². The Balaban J connectivity index is 2.36. The average molecular weight is 292 g/mol. The molecule has 0 fully saturated rings. The van der Waals surface area contributed by atoms with Crippen LogP contribution in [0.1, 0.15) is 28.7 Å². The number of aryl methyl sites for hydroxylation is 2. The van der Waals surface area contributed by atoms with Crippen molar-refractivity contribution in [2.75, 3.05) is 0 Å². The van der Waals surface area contributed by atoms with Crippen molar-refractivity contribution in [3.05, 3.63) is 45.3 Å². The zero-order chi connectivity index (χ0) is 14.9. The molecule has 0 aliphatic heterocycles. The second-order valence-electron chi connectivity index (χ2n) is 4.22. The summed E-state index contributed by atoms with van der Waals surface area (Å²) in [6.07, 6.45) is 0. The number of hydrogen-bond acceptors (Lipinski definition) is 6. The summed E-state index contributed by atoms with van der Waals surface area (Å²) in [5.41, 5.74) is 0.683. The summed E-state index contributed by atoms with van der Waals surface area (Å²) in [4.78, 5) is 26.7. The van der Waals surface area contributed by atoms with Crippen molar-refractivity contribution in [1.29, 1.82) is 0 Å². The Morgan fingerprint density at radius 2 is 2.10 bits per heavy atom. The number of carbonyl (C=O) groups is 1. The smallest absolute Gasteiger partial charge is 0.280 e. The van der Waals surface area contributed by atoms with Crippen molar-refractivity contribution in [3.8, 4) is 0 Å². The maximum absolute atomic E-state index is 11.5. The Hall–Kier alpha value is -2.15. The molecule has 104 valence electrons. The molecule has 0 atom stereocenters. The van der Waals surface area contributed by atoms with Gasteiger partial charge in [-0.1, -0.05) is 0 Å². The van der Waals surface area contributed by atoms with Crippen molar-refractivity contribution in [2.24, 2.45) is 0 Å². The number of nitro benzene ring substituents is 1. The fourth-order valence-electron chi connectivity index (χ4n) is 1.61. The van der Waals surface area contributed by atoms with Gasteiger partial charge in [-0.15, -0.1) is 0 Å². The van der Waals surface area contributed by atoms with Crippen LogP contribution in [0.2, 0.25) is 0 Å². The summed E-state index contributed by atoms with van der Waals surface area (Å²) in [7, 11) is 0. The van der Waals surface area contributed by atoms with Gasteiger partial charge in [-0.05, 0) is 44.7 Å². The monoisotopic (exact) mass is 292 g/mol. The third-order valence-electron chi connectivity index (χ3n) is 2.76. The van der Waals surface area contributed by atoms with Crippen LogP contribution in [0.25, 0.3) is 0 Å². The Bertz CT molecular complexity index is 674. The Morgan fingerprint density at radius 1 is 1.40 bits per heavy atom. The maximum atomic E-state index is 11.5. The Morgan fingerprint density at radius 3 is 2.60 bits per heavy atom. The molecule has 0 amide bonds. The van der Waals surface area contributed by atoms with Crippen molar-refractivity contribution >= 4 is 23.2 Å². The van der Waals surface area contributed by atoms with Gasteiger partial charge in [0.15, 0.2) is 5.78 Å². The van der Waals surface area contributed by atoms with Gasteiger partial charge in [-0.2, -0.15) is 0 Å². The van der Waals surface area contributed by atoms with Crippen LogP contribution in [-0.2, 0) is 0 Å². The molecule has 1 aromatic heterocycles. The standard InChI is InChI=1S/C13H12N2O4S/c1-7-9(3)19-13(14-7)20-10-4-5-12(15(17)18)11(6-10)8(2)16/h4-6H,1-3H3. The van der Waals surface area contributed by atoms with Gasteiger partial charge < -0.3 is 4.42 Å². The predicted molar refractivity (Wildman–Crippen MR) is 73.2 cm³/mol. The largest absolute Gasteiger partial charge is 0.436 e. The highest BCUT2D eigenvalue weighted by atomic mass is 32.2. The van der Waals surface area contributed by atoms with Crippen LogP contribution in [0.5, 0.6) is 0 Å². The molecule has 0 bridgehead atoms. The first-order valence-corrected chi connectivity index (χ1v) is 6.61. The number of nitrogens with zero attached hydrogens (tertiary/aromatic N) is 2. The summed E-state index contributed by atoms with van der Waals surface area (Å²) >= 11 is 1.22. The summed E-state index contributed by atoms with van der Waals surface area (Å²) in [6.45, 7) is 4.94. The van der Waals surface area contributed by atoms with Crippen LogP contribution in [0, 0.1) is 24.0 Å². The van der Waals surface area contributed by atoms with Crippen molar-refractivity contribution < 1.29 is 14.1 Å². The first-order valence-electron chi connectivity index (χ1n) is 5.79. The zero-order valence-corrected chi connectivity index (χ0v) is 12.0. The first kappa shape index (κ1) is 14.3. The van der Waals surface area contributed by atoms with Gasteiger partial charge >= 0.3 is 0 Å². The number of oxazole rings is 1. The van der Waals surface area contributed by atoms with E-state index < -0.39 is 4.92 Å². The molecule has 20 heavy (non-hydrogen) atoms. The molecule has 0 saturated carbocycles. The normalized spacial score (nSPS) is 10.6. The fraction of sp³-hybridized carbons (Fsp3) is 0.231. The number of aromatic nitrogens is 1. The quantitative estimate of drug-likeness (QED) is 0.486. The number of rotatable bonds is 4. The van der Waals surface area contributed by atoms with E-state index in [4.69, 9.17) is 4.42 Å². The van der Waals surface area contributed by atoms with Crippen LogP contribution < -0.4 is 0 Å². The van der Waals surface area contributed by atoms with E-state index in [1.54, 1.807) is 6.07 Å². The second kappa shape index (κ2) is 5.46. The lowest BCUT2D eigenvalue weighted by molar-refractivity contribution is -0.385. The molecule has 0 radical (unpaired) electrons. The predicted octanol–water partition coefficient (Wildman–Crippen LogP) is 3.55. The molecule has 1 heterocycles. The van der Waals surface area contributed by atoms with E-state index in [1.807, 2.05) is 13.8 Å². The molecule has 7 heteroatoms. The highest BCUT2D eigenvalue weighted by Gasteiger charge is 2.18. The van der Waals surface area contributed by atoms with Crippen LogP contribution >= 0.6 is 11.8 Å². The third kappa shape index (κ3) is 2.88. The minimum atomic E-state index is -0.565. The van der Waals surface area contributed by atoms with Crippen molar-refractivity contribution in [3.63, 3.8) is 0 Å². The fourth-order valence-corrected chi connectivity index (χ4v) is 2.47. The van der Waals surface area contributed by atoms with E-state index in [-0.39, 0.29) is 17.0 Å². The molecule has 1 aromatic carbocycles. The molecule has 2 rings (SSSR count). The molecule has 0 saturated heterocycles. The Kier molecular flexibility index (Phi) is 3.89. The molecular weight excluding hydrogens is 280 g/mol. The molecule has 0 spiro atoms. The summed E-state index contributed by atoms with van der Waals surface area (Å²) in [5.74, 6) is 0.375. The highest BCUT2D eigenvalue weighted by molar-refractivity contribution is 7.99. The minimum Gasteiger partial charge on any atom is -0.436 e. The number of Topliss-reactive ketones (excluding diaryl/α,β-unsaturated/α-hetero) is 1. The topological polar surface area (TPSA) is 86.2 Å². The molecular formula is C13H12N2O4S. The van der Waals surface area contributed by atoms with Gasteiger partial charge in [-0.3, -0.25) is 14.9 Å². The SMILES string of the molecule is CC(=O)c1cc(Sc2nc(C)c(C)o2)ccc1[N+](=O)[O-]. The number of benzene rings is 1. The van der Waals surface area contributed by atoms with E-state index in [9.17, 15) is 14.9 Å². The molecule has 0 unspecified atom stereocenters. The van der Waals surface area contributed by atoms with Gasteiger partial charge in [0.05, 0.1) is 16.2 Å². The lowest BCUT2D eigenvalue weighted by Gasteiger charge is -2.02. The van der Waals surface area contributed by atoms with Crippen molar-refractivity contribution in [2.45, 2.75) is 30.9 Å². The number of hydrogen-bond donors (Lipinski definition) is 0. The van der Waals surface area contributed by atoms with Crippen LogP contribution in [0.4, 0.5) is 5.69 Å². The van der Waals surface area contributed by atoms with E-state index in [2.05, 4.69) is 4.98 Å². The summed E-state index contributed by atoms with van der Waals surface area (Å²) in [6, 6.07) is 4.38. The lowest BCUT2D eigenvalue weighted by atomic mass is 10.1. The lowest BCUT2D eigenvalue weighted by Crippen LogP contribution is -2.00. The summed E-state index contributed by atoms with van der Waals surface area (Å²) < 4.78 is 5.43. The van der Waals surface area contributed by atoms with Gasteiger partial charge in [0, 0.05) is 11.0 Å². The summed E-state index contributed by atoms with van der Waals surface area (Å²) in [5, 5.41) is 11.3. The molecule has 0 aliphatic carbocycles. The maximum Gasteiger partial charge on any atom is 0.280 e. The first-order chi connectivity index (χ1) is 9.38. The van der Waals surface area contributed by atoms with Gasteiger partial charge in [-0.25, -0.2) is 4.98 Å². The average Bonchev–Trinajstić information content (AvgIpc) is 2.67. The van der Waals surface area contributed by atoms with Gasteiger partial charge in [0.2, 0.25) is 0 Å². The molecule has 2 aromatic rings.